The van der Waals surface area contributed by atoms with E-state index in [0.29, 0.717) is 6.04 Å². The van der Waals surface area contributed by atoms with Crippen LogP contribution in [0.2, 0.25) is 0 Å². The third-order valence-corrected chi connectivity index (χ3v) is 3.85. The first-order valence-electron chi connectivity index (χ1n) is 6.13. The predicted molar refractivity (Wildman–Crippen MR) is 74.1 cm³/mol. The molecule has 0 aliphatic heterocycles. The van der Waals surface area contributed by atoms with Crippen LogP contribution < -0.4 is 5.32 Å². The smallest absolute Gasteiger partial charge is 0.0452 e. The van der Waals surface area contributed by atoms with E-state index < -0.39 is 0 Å². The zero-order valence-corrected chi connectivity index (χ0v) is 11.5. The fourth-order valence-corrected chi connectivity index (χ4v) is 2.62. The van der Waals surface area contributed by atoms with Crippen molar-refractivity contribution in [3.8, 4) is 0 Å². The van der Waals surface area contributed by atoms with Gasteiger partial charge in [0.15, 0.2) is 0 Å². The molecule has 16 heavy (non-hydrogen) atoms. The number of thiophene rings is 1. The van der Waals surface area contributed by atoms with Gasteiger partial charge in [-0.05, 0) is 44.9 Å². The lowest BCUT2D eigenvalue weighted by Crippen LogP contribution is -2.21. The Kier molecular flexibility index (Phi) is 5.78. The van der Waals surface area contributed by atoms with Crippen LogP contribution in [0.5, 0.6) is 0 Å². The van der Waals surface area contributed by atoms with Crippen molar-refractivity contribution < 1.29 is 0 Å². The molecule has 90 valence electrons. The molecule has 0 amide bonds. The van der Waals surface area contributed by atoms with E-state index in [1.165, 1.54) is 21.7 Å². The van der Waals surface area contributed by atoms with Gasteiger partial charge in [0.1, 0.15) is 0 Å². The number of hydrogen-bond donors (Lipinski definition) is 1. The second kappa shape index (κ2) is 6.87. The van der Waals surface area contributed by atoms with Crippen LogP contribution in [0.15, 0.2) is 24.3 Å². The van der Waals surface area contributed by atoms with Crippen LogP contribution in [0.25, 0.3) is 0 Å². The largest absolute Gasteiger partial charge is 0.309 e. The minimum absolute atomic E-state index is 0.464. The van der Waals surface area contributed by atoms with E-state index in [2.05, 4.69) is 44.8 Å². The van der Waals surface area contributed by atoms with Crippen LogP contribution in [-0.2, 0) is 0 Å². The molecule has 2 heteroatoms. The molecule has 1 atom stereocenters. The van der Waals surface area contributed by atoms with E-state index in [0.717, 1.165) is 19.4 Å². The van der Waals surface area contributed by atoms with Gasteiger partial charge in [0.2, 0.25) is 0 Å². The van der Waals surface area contributed by atoms with Crippen LogP contribution >= 0.6 is 11.3 Å². The summed E-state index contributed by atoms with van der Waals surface area (Å²) < 4.78 is 0. The van der Waals surface area contributed by atoms with E-state index in [1.807, 2.05) is 11.3 Å². The highest BCUT2D eigenvalue weighted by Crippen LogP contribution is 2.27. The molecule has 0 fully saturated rings. The molecule has 1 rings (SSSR count). The van der Waals surface area contributed by atoms with Gasteiger partial charge in [0, 0.05) is 15.8 Å². The van der Waals surface area contributed by atoms with Crippen LogP contribution in [-0.4, -0.2) is 6.54 Å². The average molecular weight is 237 g/mol. The number of rotatable bonds is 7. The fraction of sp³-hybridized carbons (Fsp3) is 0.571. The lowest BCUT2D eigenvalue weighted by molar-refractivity contribution is 0.531. The molecule has 0 radical (unpaired) electrons. The molecule has 1 nitrogen and oxygen atoms in total. The quantitative estimate of drug-likeness (QED) is 0.691. The van der Waals surface area contributed by atoms with Crippen LogP contribution in [0.3, 0.4) is 0 Å². The Labute approximate surface area is 104 Å². The Morgan fingerprint density at radius 3 is 2.69 bits per heavy atom. The zero-order valence-electron chi connectivity index (χ0n) is 10.7. The van der Waals surface area contributed by atoms with E-state index in [4.69, 9.17) is 0 Å². The number of hydrogen-bond acceptors (Lipinski definition) is 2. The molecule has 0 aliphatic rings. The summed E-state index contributed by atoms with van der Waals surface area (Å²) >= 11 is 1.90. The normalized spacial score (nSPS) is 12.7. The first-order valence-corrected chi connectivity index (χ1v) is 6.95. The third kappa shape index (κ3) is 4.11. The lowest BCUT2D eigenvalue weighted by atomic mass is 10.0. The molecule has 0 bridgehead atoms. The molecule has 1 N–H and O–H groups in total. The van der Waals surface area contributed by atoms with Crippen molar-refractivity contribution in [2.45, 2.75) is 46.1 Å². The van der Waals surface area contributed by atoms with Gasteiger partial charge in [0.05, 0.1) is 0 Å². The second-order valence-electron chi connectivity index (χ2n) is 4.26. The maximum absolute atomic E-state index is 4.12. The van der Waals surface area contributed by atoms with E-state index in [-0.39, 0.29) is 0 Å². The highest BCUT2D eigenvalue weighted by Gasteiger charge is 2.13. The van der Waals surface area contributed by atoms with Gasteiger partial charge in [-0.25, -0.2) is 0 Å². The standard InChI is InChI=1S/C14H23NS/c1-5-9-15-13(10-11(3)6-2)14-8-7-12(4)16-14/h7-8,13,15H,3,5-6,9-10H2,1-2,4H3. The molecule has 0 saturated heterocycles. The second-order valence-corrected chi connectivity index (χ2v) is 5.58. The highest BCUT2D eigenvalue weighted by molar-refractivity contribution is 7.12. The first-order chi connectivity index (χ1) is 7.67. The third-order valence-electron chi connectivity index (χ3n) is 2.74. The number of aryl methyl sites for hydroxylation is 1. The molecular formula is C14H23NS. The van der Waals surface area contributed by atoms with Gasteiger partial charge in [-0.15, -0.1) is 11.3 Å². The molecular weight excluding hydrogens is 214 g/mol. The Balaban J connectivity index is 2.66. The summed E-state index contributed by atoms with van der Waals surface area (Å²) in [6.45, 7) is 11.8. The molecule has 1 heterocycles. The zero-order chi connectivity index (χ0) is 12.0. The van der Waals surface area contributed by atoms with Crippen LogP contribution in [0.1, 0.15) is 48.9 Å². The predicted octanol–water partition coefficient (Wildman–Crippen LogP) is 4.45. The molecule has 1 aromatic rings. The summed E-state index contributed by atoms with van der Waals surface area (Å²) in [5.41, 5.74) is 1.33. The summed E-state index contributed by atoms with van der Waals surface area (Å²) in [5.74, 6) is 0. The first kappa shape index (κ1) is 13.5. The van der Waals surface area contributed by atoms with Crippen LogP contribution in [0, 0.1) is 6.92 Å². The topological polar surface area (TPSA) is 12.0 Å². The van der Waals surface area contributed by atoms with Gasteiger partial charge in [-0.3, -0.25) is 0 Å². The molecule has 1 unspecified atom stereocenters. The van der Waals surface area contributed by atoms with Gasteiger partial charge >= 0.3 is 0 Å². The van der Waals surface area contributed by atoms with E-state index >= 15 is 0 Å². The van der Waals surface area contributed by atoms with Crippen molar-refractivity contribution in [1.29, 1.82) is 0 Å². The van der Waals surface area contributed by atoms with Gasteiger partial charge in [-0.1, -0.05) is 26.0 Å². The summed E-state index contributed by atoms with van der Waals surface area (Å²) in [6.07, 6.45) is 3.32. The lowest BCUT2D eigenvalue weighted by Gasteiger charge is -2.18. The van der Waals surface area contributed by atoms with Crippen molar-refractivity contribution in [3.63, 3.8) is 0 Å². The molecule has 1 aromatic heterocycles. The molecule has 0 aliphatic carbocycles. The monoisotopic (exact) mass is 237 g/mol. The Morgan fingerprint density at radius 1 is 1.44 bits per heavy atom. The van der Waals surface area contributed by atoms with Crippen molar-refractivity contribution in [3.05, 3.63) is 34.0 Å². The summed E-state index contributed by atoms with van der Waals surface area (Å²) in [4.78, 5) is 2.83. The maximum Gasteiger partial charge on any atom is 0.0452 e. The average Bonchev–Trinajstić information content (AvgIpc) is 2.70. The fourth-order valence-electron chi connectivity index (χ4n) is 1.67. The van der Waals surface area contributed by atoms with E-state index in [1.54, 1.807) is 0 Å². The minimum Gasteiger partial charge on any atom is -0.309 e. The maximum atomic E-state index is 4.12. The molecule has 0 saturated carbocycles. The van der Waals surface area contributed by atoms with Gasteiger partial charge in [0.25, 0.3) is 0 Å². The Bertz CT molecular complexity index is 327. The SMILES string of the molecule is C=C(CC)CC(NCCC)c1ccc(C)s1. The van der Waals surface area contributed by atoms with Gasteiger partial charge in [-0.2, -0.15) is 0 Å². The van der Waals surface area contributed by atoms with Crippen molar-refractivity contribution in [2.24, 2.45) is 0 Å². The summed E-state index contributed by atoms with van der Waals surface area (Å²) in [6, 6.07) is 4.91. The van der Waals surface area contributed by atoms with Gasteiger partial charge < -0.3 is 5.32 Å². The molecule has 0 spiro atoms. The van der Waals surface area contributed by atoms with Crippen molar-refractivity contribution >= 4 is 11.3 Å². The van der Waals surface area contributed by atoms with Crippen molar-refractivity contribution in [1.82, 2.24) is 5.32 Å². The van der Waals surface area contributed by atoms with E-state index in [9.17, 15) is 0 Å². The van der Waals surface area contributed by atoms with Crippen LogP contribution in [0.4, 0.5) is 0 Å². The Morgan fingerprint density at radius 2 is 2.19 bits per heavy atom. The Hall–Kier alpha value is -0.600. The number of nitrogens with one attached hydrogen (secondary N) is 1. The van der Waals surface area contributed by atoms with Crippen molar-refractivity contribution in [2.75, 3.05) is 6.54 Å². The minimum atomic E-state index is 0.464. The molecule has 0 aromatic carbocycles. The summed E-state index contributed by atoms with van der Waals surface area (Å²) in [5, 5.41) is 3.61. The summed E-state index contributed by atoms with van der Waals surface area (Å²) in [7, 11) is 0. The highest BCUT2D eigenvalue weighted by atomic mass is 32.1.